The maximum absolute atomic E-state index is 14.8. The van der Waals surface area contributed by atoms with Crippen LogP contribution < -0.4 is 0 Å². The number of hydrogen-bond acceptors (Lipinski definition) is 1. The van der Waals surface area contributed by atoms with E-state index in [4.69, 9.17) is 4.74 Å². The molecule has 0 heterocycles. The first-order valence-electron chi connectivity index (χ1n) is 14.5. The molecule has 0 spiro atoms. The molecule has 0 aromatic heterocycles. The summed E-state index contributed by atoms with van der Waals surface area (Å²) in [7, 11) is 0. The number of hydrogen-bond donors (Lipinski definition) is 0. The van der Waals surface area contributed by atoms with Gasteiger partial charge in [-0.15, -0.1) is 6.58 Å². The molecule has 0 aliphatic heterocycles. The Balaban J connectivity index is 1.26. The summed E-state index contributed by atoms with van der Waals surface area (Å²) < 4.78 is 49.3. The zero-order valence-electron chi connectivity index (χ0n) is 22.8. The Morgan fingerprint density at radius 1 is 0.895 bits per heavy atom. The Morgan fingerprint density at radius 3 is 2.16 bits per heavy atom. The zero-order chi connectivity index (χ0) is 27.0. The largest absolute Gasteiger partial charge is 0.386 e. The van der Waals surface area contributed by atoms with E-state index in [1.165, 1.54) is 37.0 Å². The molecule has 2 aromatic carbocycles. The Hall–Kier alpha value is -2.33. The number of halogens is 3. The van der Waals surface area contributed by atoms with Gasteiger partial charge in [-0.05, 0) is 130 Å². The highest BCUT2D eigenvalue weighted by Gasteiger charge is 2.36. The minimum atomic E-state index is -3.66. The van der Waals surface area contributed by atoms with Crippen molar-refractivity contribution in [3.05, 3.63) is 95.3 Å². The predicted molar refractivity (Wildman–Crippen MR) is 150 cm³/mol. The molecule has 0 N–H and O–H groups in total. The van der Waals surface area contributed by atoms with Crippen LogP contribution in [0.1, 0.15) is 105 Å². The fourth-order valence-electron chi connectivity index (χ4n) is 6.32. The van der Waals surface area contributed by atoms with Gasteiger partial charge in [0, 0.05) is 0 Å². The van der Waals surface area contributed by atoms with Gasteiger partial charge in [0.05, 0.1) is 12.2 Å². The molecule has 38 heavy (non-hydrogen) atoms. The van der Waals surface area contributed by atoms with Gasteiger partial charge in [0.1, 0.15) is 5.82 Å². The average molecular weight is 525 g/mol. The Kier molecular flexibility index (Phi) is 10.3. The molecule has 206 valence electrons. The maximum atomic E-state index is 14.8. The Morgan fingerprint density at radius 2 is 1.53 bits per heavy atom. The summed E-state index contributed by atoms with van der Waals surface area (Å²) in [5, 5.41) is 0. The summed E-state index contributed by atoms with van der Waals surface area (Å²) in [4.78, 5) is 0. The third kappa shape index (κ3) is 7.62. The van der Waals surface area contributed by atoms with E-state index < -0.39 is 17.5 Å². The molecule has 0 bridgehead atoms. The van der Waals surface area contributed by atoms with Crippen LogP contribution in [-0.4, -0.2) is 6.61 Å². The molecule has 4 rings (SSSR count). The van der Waals surface area contributed by atoms with Gasteiger partial charge in [0.2, 0.25) is 0 Å². The lowest BCUT2D eigenvalue weighted by Crippen LogP contribution is -2.22. The van der Waals surface area contributed by atoms with E-state index in [0.29, 0.717) is 24.2 Å². The highest BCUT2D eigenvalue weighted by Crippen LogP contribution is 2.40. The highest BCUT2D eigenvalue weighted by molar-refractivity contribution is 5.30. The number of allylic oxidation sites excluding steroid dienone is 3. The van der Waals surface area contributed by atoms with E-state index in [1.54, 1.807) is 6.07 Å². The van der Waals surface area contributed by atoms with Crippen LogP contribution in [0.4, 0.5) is 13.2 Å². The summed E-state index contributed by atoms with van der Waals surface area (Å²) in [5.74, 6) is 1.26. The summed E-state index contributed by atoms with van der Waals surface area (Å²) in [6.45, 7) is 5.78. The fourth-order valence-corrected chi connectivity index (χ4v) is 6.32. The lowest BCUT2D eigenvalue weighted by atomic mass is 9.77. The van der Waals surface area contributed by atoms with E-state index in [2.05, 4.69) is 36.9 Å². The van der Waals surface area contributed by atoms with Crippen LogP contribution in [0, 0.1) is 17.7 Å². The molecule has 2 aliphatic rings. The van der Waals surface area contributed by atoms with Gasteiger partial charge in [0.15, 0.2) is 0 Å². The first-order valence-corrected chi connectivity index (χ1v) is 14.5. The summed E-state index contributed by atoms with van der Waals surface area (Å²) in [6, 6.07) is 12.4. The summed E-state index contributed by atoms with van der Waals surface area (Å²) >= 11 is 0. The Labute approximate surface area is 227 Å². The van der Waals surface area contributed by atoms with Crippen LogP contribution in [0.5, 0.6) is 0 Å². The van der Waals surface area contributed by atoms with Crippen LogP contribution >= 0.6 is 0 Å². The van der Waals surface area contributed by atoms with E-state index in [1.807, 2.05) is 19.1 Å². The maximum Gasteiger partial charge on any atom is 0.386 e. The molecule has 0 atom stereocenters. The van der Waals surface area contributed by atoms with E-state index in [0.717, 1.165) is 56.1 Å². The van der Waals surface area contributed by atoms with Crippen LogP contribution in [0.25, 0.3) is 0 Å². The first-order chi connectivity index (χ1) is 18.4. The smallest absolute Gasteiger partial charge is 0.316 e. The van der Waals surface area contributed by atoms with Gasteiger partial charge < -0.3 is 4.74 Å². The van der Waals surface area contributed by atoms with Crippen LogP contribution in [0.3, 0.4) is 0 Å². The molecule has 2 fully saturated rings. The molecule has 0 radical (unpaired) electrons. The SMILES string of the molecule is C=C[C@H]1CC[C@H](c2ccc(CCOC(F)(F)c3ccc([C@H]4CC[C@H](CC/C=C/C)CC4)cc3F)cc2)CC1. The van der Waals surface area contributed by atoms with Crippen LogP contribution in [0.2, 0.25) is 0 Å². The second-order valence-corrected chi connectivity index (χ2v) is 11.3. The Bertz CT molecular complexity index is 1040. The molecule has 4 heteroatoms. The van der Waals surface area contributed by atoms with E-state index in [-0.39, 0.29) is 12.5 Å². The highest BCUT2D eigenvalue weighted by atomic mass is 19.3. The number of rotatable bonds is 11. The third-order valence-corrected chi connectivity index (χ3v) is 8.83. The average Bonchev–Trinajstić information content (AvgIpc) is 2.94. The molecule has 0 amide bonds. The third-order valence-electron chi connectivity index (χ3n) is 8.83. The summed E-state index contributed by atoms with van der Waals surface area (Å²) in [6.07, 6.45) is 14.2. The molecule has 2 aromatic rings. The molecule has 0 saturated heterocycles. The normalized spacial score (nSPS) is 24.5. The number of alkyl halides is 2. The van der Waals surface area contributed by atoms with Gasteiger partial charge in [-0.3, -0.25) is 0 Å². The molecule has 2 saturated carbocycles. The van der Waals surface area contributed by atoms with Gasteiger partial charge in [-0.25, -0.2) is 4.39 Å². The molecular weight excluding hydrogens is 481 g/mol. The standard InChI is InChI=1S/C34H43F3O/c1-3-5-6-7-26-10-18-30(19-11-26)31-20-21-32(33(35)24-31)34(36,37)38-23-22-27-12-16-29(17-13-27)28-14-8-25(4-2)9-15-28/h3-5,12-13,16-17,20-21,24-26,28,30H,2,6-11,14-15,18-19,22-23H2,1H3/b5-3+/t25-,26-,28-,30-. The van der Waals surface area contributed by atoms with E-state index >= 15 is 0 Å². The van der Waals surface area contributed by atoms with Crippen molar-refractivity contribution in [2.75, 3.05) is 6.61 Å². The van der Waals surface area contributed by atoms with Gasteiger partial charge >= 0.3 is 6.11 Å². The number of ether oxygens (including phenoxy) is 1. The van der Waals surface area contributed by atoms with E-state index in [9.17, 15) is 13.2 Å². The molecular formula is C34H43F3O. The zero-order valence-corrected chi connectivity index (χ0v) is 22.8. The molecule has 1 nitrogen and oxygen atoms in total. The quantitative estimate of drug-likeness (QED) is 0.266. The fraction of sp³-hybridized carbons (Fsp3) is 0.529. The van der Waals surface area contributed by atoms with Crippen LogP contribution in [-0.2, 0) is 17.3 Å². The van der Waals surface area contributed by atoms with Crippen molar-refractivity contribution < 1.29 is 17.9 Å². The lowest BCUT2D eigenvalue weighted by molar-refractivity contribution is -0.249. The van der Waals surface area contributed by atoms with Crippen molar-refractivity contribution >= 4 is 0 Å². The monoisotopic (exact) mass is 524 g/mol. The van der Waals surface area contributed by atoms with Crippen molar-refractivity contribution in [1.29, 1.82) is 0 Å². The molecule has 2 aliphatic carbocycles. The molecule has 0 unspecified atom stereocenters. The van der Waals surface area contributed by atoms with Gasteiger partial charge in [-0.2, -0.15) is 8.78 Å². The van der Waals surface area contributed by atoms with Gasteiger partial charge in [-0.1, -0.05) is 48.6 Å². The summed E-state index contributed by atoms with van der Waals surface area (Å²) in [5.41, 5.74) is 2.41. The number of benzene rings is 2. The topological polar surface area (TPSA) is 9.23 Å². The predicted octanol–water partition coefficient (Wildman–Crippen LogP) is 10.2. The van der Waals surface area contributed by atoms with Gasteiger partial charge in [0.25, 0.3) is 0 Å². The van der Waals surface area contributed by atoms with Crippen molar-refractivity contribution in [3.8, 4) is 0 Å². The minimum absolute atomic E-state index is 0.171. The van der Waals surface area contributed by atoms with Crippen molar-refractivity contribution in [2.45, 2.75) is 95.5 Å². The second-order valence-electron chi connectivity index (χ2n) is 11.3. The second kappa shape index (κ2) is 13.6. The van der Waals surface area contributed by atoms with Crippen molar-refractivity contribution in [3.63, 3.8) is 0 Å². The minimum Gasteiger partial charge on any atom is -0.316 e. The van der Waals surface area contributed by atoms with Crippen molar-refractivity contribution in [2.24, 2.45) is 11.8 Å². The van der Waals surface area contributed by atoms with Crippen molar-refractivity contribution in [1.82, 2.24) is 0 Å². The first kappa shape index (κ1) is 28.7. The lowest BCUT2D eigenvalue weighted by Gasteiger charge is -2.29. The van der Waals surface area contributed by atoms with Crippen LogP contribution in [0.15, 0.2) is 67.3 Å².